The fourth-order valence-corrected chi connectivity index (χ4v) is 4.27. The Bertz CT molecular complexity index is 1360. The fourth-order valence-electron chi connectivity index (χ4n) is 3.63. The summed E-state index contributed by atoms with van der Waals surface area (Å²) in [7, 11) is 0. The number of amides is 1. The highest BCUT2D eigenvalue weighted by Crippen LogP contribution is 2.21. The Labute approximate surface area is 192 Å². The summed E-state index contributed by atoms with van der Waals surface area (Å²) in [5, 5.41) is 10.9. The Kier molecular flexibility index (Phi) is 5.95. The van der Waals surface area contributed by atoms with Gasteiger partial charge in [0.05, 0.1) is 23.4 Å². The van der Waals surface area contributed by atoms with Gasteiger partial charge in [-0.25, -0.2) is 9.37 Å². The first kappa shape index (κ1) is 21.0. The molecule has 0 saturated carbocycles. The zero-order valence-corrected chi connectivity index (χ0v) is 18.3. The molecule has 0 aliphatic rings. The molecular formula is C24H20FN5O2S. The lowest BCUT2D eigenvalue weighted by Crippen LogP contribution is -2.31. The van der Waals surface area contributed by atoms with E-state index in [0.29, 0.717) is 24.7 Å². The lowest BCUT2D eigenvalue weighted by Gasteiger charge is -2.20. The van der Waals surface area contributed by atoms with Crippen LogP contribution in [0.15, 0.2) is 76.2 Å². The molecule has 7 nitrogen and oxygen atoms in total. The maximum Gasteiger partial charge on any atom is 0.227 e. The number of carbonyl (C=O) groups is 1. The summed E-state index contributed by atoms with van der Waals surface area (Å²) >= 11 is 1.55. The average Bonchev–Trinajstić information content (AvgIpc) is 3.59. The second-order valence-electron chi connectivity index (χ2n) is 7.58. The highest BCUT2D eigenvalue weighted by atomic mass is 32.1. The van der Waals surface area contributed by atoms with Crippen molar-refractivity contribution in [1.82, 2.24) is 25.0 Å². The van der Waals surface area contributed by atoms with E-state index in [1.807, 2.05) is 45.7 Å². The van der Waals surface area contributed by atoms with E-state index in [9.17, 15) is 9.18 Å². The third-order valence-electron chi connectivity index (χ3n) is 5.33. The van der Waals surface area contributed by atoms with Crippen molar-refractivity contribution >= 4 is 28.3 Å². The monoisotopic (exact) mass is 461 g/mol. The predicted molar refractivity (Wildman–Crippen MR) is 123 cm³/mol. The van der Waals surface area contributed by atoms with E-state index < -0.39 is 0 Å². The number of aromatic nitrogens is 4. The van der Waals surface area contributed by atoms with Crippen LogP contribution >= 0.6 is 11.3 Å². The number of halogens is 1. The molecule has 0 spiro atoms. The first-order chi connectivity index (χ1) is 16.2. The van der Waals surface area contributed by atoms with Gasteiger partial charge in [0.1, 0.15) is 5.82 Å². The quantitative estimate of drug-likeness (QED) is 0.360. The Morgan fingerprint density at radius 2 is 2.00 bits per heavy atom. The topological polar surface area (TPSA) is 85.8 Å². The van der Waals surface area contributed by atoms with Gasteiger partial charge in [-0.1, -0.05) is 29.4 Å². The van der Waals surface area contributed by atoms with E-state index >= 15 is 0 Å². The van der Waals surface area contributed by atoms with Gasteiger partial charge in [0, 0.05) is 30.3 Å². The van der Waals surface area contributed by atoms with Crippen LogP contribution in [0.2, 0.25) is 0 Å². The van der Waals surface area contributed by atoms with E-state index in [1.54, 1.807) is 29.8 Å². The minimum Gasteiger partial charge on any atom is -0.347 e. The number of para-hydroxylation sites is 2. The van der Waals surface area contributed by atoms with E-state index in [4.69, 9.17) is 4.52 Å². The number of carbonyl (C=O) groups excluding carboxylic acids is 1. The normalized spacial score (nSPS) is 12.2. The Morgan fingerprint density at radius 3 is 2.82 bits per heavy atom. The molecule has 1 atom stereocenters. The molecular weight excluding hydrogens is 441 g/mol. The molecule has 9 heteroatoms. The van der Waals surface area contributed by atoms with Crippen LogP contribution in [-0.4, -0.2) is 25.6 Å². The average molecular weight is 462 g/mol. The number of hydrogen-bond acceptors (Lipinski definition) is 6. The minimum atomic E-state index is -0.361. The van der Waals surface area contributed by atoms with Crippen LogP contribution in [0.5, 0.6) is 0 Å². The van der Waals surface area contributed by atoms with Crippen molar-refractivity contribution in [2.75, 3.05) is 0 Å². The molecule has 0 bridgehead atoms. The summed E-state index contributed by atoms with van der Waals surface area (Å²) in [5.41, 5.74) is 3.54. The van der Waals surface area contributed by atoms with Gasteiger partial charge in [-0.3, -0.25) is 4.79 Å². The van der Waals surface area contributed by atoms with Gasteiger partial charge in [-0.2, -0.15) is 16.3 Å². The molecule has 0 aliphatic carbocycles. The van der Waals surface area contributed by atoms with Crippen LogP contribution in [-0.2, 0) is 17.8 Å². The van der Waals surface area contributed by atoms with Crippen molar-refractivity contribution in [1.29, 1.82) is 0 Å². The zero-order chi connectivity index (χ0) is 22.6. The van der Waals surface area contributed by atoms with E-state index in [2.05, 4.69) is 20.4 Å². The van der Waals surface area contributed by atoms with Gasteiger partial charge in [0.15, 0.2) is 0 Å². The third-order valence-corrected chi connectivity index (χ3v) is 6.01. The molecule has 0 saturated heterocycles. The van der Waals surface area contributed by atoms with E-state index in [1.165, 1.54) is 12.1 Å². The molecule has 5 rings (SSSR count). The summed E-state index contributed by atoms with van der Waals surface area (Å²) in [5.74, 6) is 0.437. The number of thiophene rings is 1. The summed E-state index contributed by atoms with van der Waals surface area (Å²) in [4.78, 5) is 21.6. The standard InChI is InChI=1S/C24H20FN5O2S/c25-18-7-5-16(6-8-18)20(13-30-15-26-19-3-1-2-4-21(19)30)27-22(31)9-10-23-28-24(29-32-23)17-11-12-33-14-17/h1-8,11-12,14-15,20H,9-10,13H2,(H,27,31)/t20-/m1/s1. The smallest absolute Gasteiger partial charge is 0.227 e. The number of benzene rings is 2. The molecule has 1 amide bonds. The number of imidazole rings is 1. The number of nitrogens with zero attached hydrogens (tertiary/aromatic N) is 4. The zero-order valence-electron chi connectivity index (χ0n) is 17.5. The van der Waals surface area contributed by atoms with Crippen molar-refractivity contribution < 1.29 is 13.7 Å². The lowest BCUT2D eigenvalue weighted by atomic mass is 10.1. The van der Waals surface area contributed by atoms with Crippen LogP contribution in [0.3, 0.4) is 0 Å². The molecule has 2 aromatic carbocycles. The molecule has 166 valence electrons. The van der Waals surface area contributed by atoms with Crippen molar-refractivity contribution in [2.45, 2.75) is 25.4 Å². The Balaban J connectivity index is 1.29. The lowest BCUT2D eigenvalue weighted by molar-refractivity contribution is -0.122. The maximum absolute atomic E-state index is 13.5. The third kappa shape index (κ3) is 4.83. The van der Waals surface area contributed by atoms with Crippen molar-refractivity contribution in [3.05, 3.63) is 89.0 Å². The van der Waals surface area contributed by atoms with Crippen LogP contribution in [0.25, 0.3) is 22.4 Å². The molecule has 0 unspecified atom stereocenters. The Morgan fingerprint density at radius 1 is 1.15 bits per heavy atom. The number of aryl methyl sites for hydroxylation is 1. The largest absolute Gasteiger partial charge is 0.347 e. The molecule has 33 heavy (non-hydrogen) atoms. The molecule has 3 aromatic heterocycles. The maximum atomic E-state index is 13.5. The van der Waals surface area contributed by atoms with Crippen molar-refractivity contribution in [3.63, 3.8) is 0 Å². The number of fused-ring (bicyclic) bond motifs is 1. The van der Waals surface area contributed by atoms with E-state index in [0.717, 1.165) is 22.2 Å². The number of hydrogen-bond donors (Lipinski definition) is 1. The summed E-state index contributed by atoms with van der Waals surface area (Å²) < 4.78 is 20.8. The van der Waals surface area contributed by atoms with Crippen LogP contribution in [0.4, 0.5) is 4.39 Å². The highest BCUT2D eigenvalue weighted by molar-refractivity contribution is 7.08. The first-order valence-corrected chi connectivity index (χ1v) is 11.4. The van der Waals surface area contributed by atoms with Crippen LogP contribution in [0, 0.1) is 5.82 Å². The number of rotatable bonds is 8. The molecule has 3 heterocycles. The SMILES string of the molecule is O=C(CCc1nc(-c2ccsc2)no1)N[C@H](Cn1cnc2ccccc21)c1ccc(F)cc1. The summed E-state index contributed by atoms with van der Waals surface area (Å²) in [6.07, 6.45) is 2.26. The Hall–Kier alpha value is -3.85. The fraction of sp³-hybridized carbons (Fsp3) is 0.167. The number of nitrogens with one attached hydrogen (secondary N) is 1. The van der Waals surface area contributed by atoms with Gasteiger partial charge < -0.3 is 14.4 Å². The van der Waals surface area contributed by atoms with Crippen molar-refractivity contribution in [2.24, 2.45) is 0 Å². The summed E-state index contributed by atoms with van der Waals surface area (Å²) in [6.45, 7) is 0.459. The van der Waals surface area contributed by atoms with Gasteiger partial charge in [-0.15, -0.1) is 0 Å². The predicted octanol–water partition coefficient (Wildman–Crippen LogP) is 4.78. The van der Waals surface area contributed by atoms with Gasteiger partial charge >= 0.3 is 0 Å². The van der Waals surface area contributed by atoms with E-state index in [-0.39, 0.29) is 24.2 Å². The molecule has 0 radical (unpaired) electrons. The van der Waals surface area contributed by atoms with Gasteiger partial charge in [-0.05, 0) is 41.3 Å². The highest BCUT2D eigenvalue weighted by Gasteiger charge is 2.18. The molecule has 1 N–H and O–H groups in total. The first-order valence-electron chi connectivity index (χ1n) is 10.5. The van der Waals surface area contributed by atoms with Gasteiger partial charge in [0.25, 0.3) is 0 Å². The second-order valence-corrected chi connectivity index (χ2v) is 8.36. The van der Waals surface area contributed by atoms with Gasteiger partial charge in [0.2, 0.25) is 17.6 Å². The molecule has 5 aromatic rings. The second kappa shape index (κ2) is 9.33. The molecule has 0 fully saturated rings. The van der Waals surface area contributed by atoms with Crippen LogP contribution in [0.1, 0.15) is 23.9 Å². The summed E-state index contributed by atoms with van der Waals surface area (Å²) in [6, 6.07) is 15.5. The van der Waals surface area contributed by atoms with Crippen LogP contribution < -0.4 is 5.32 Å². The minimum absolute atomic E-state index is 0.163. The molecule has 0 aliphatic heterocycles. The van der Waals surface area contributed by atoms with Crippen molar-refractivity contribution in [3.8, 4) is 11.4 Å².